The van der Waals surface area contributed by atoms with Gasteiger partial charge < -0.3 is 14.4 Å². The predicted molar refractivity (Wildman–Crippen MR) is 107 cm³/mol. The van der Waals surface area contributed by atoms with Gasteiger partial charge in [-0.05, 0) is 73.5 Å². The number of likely N-dealkylation sites (tertiary alicyclic amines) is 1. The Morgan fingerprint density at radius 2 is 1.93 bits per heavy atom. The van der Waals surface area contributed by atoms with Crippen LogP contribution >= 0.6 is 11.3 Å². The maximum absolute atomic E-state index is 13.5. The molecule has 7 rings (SSSR count). The topological polar surface area (TPSA) is 42.0 Å². The van der Waals surface area contributed by atoms with Gasteiger partial charge in [0.1, 0.15) is 0 Å². The van der Waals surface area contributed by atoms with E-state index in [4.69, 9.17) is 9.47 Å². The first-order chi connectivity index (χ1) is 13.7. The Kier molecular flexibility index (Phi) is 3.75. The van der Waals surface area contributed by atoms with E-state index >= 15 is 0 Å². The van der Waals surface area contributed by atoms with Crippen LogP contribution in [-0.2, 0) is 0 Å². The number of amides is 1. The smallest absolute Gasteiger partial charge is 0.264 e. The average Bonchev–Trinajstić information content (AvgIpc) is 3.46. The number of rotatable bonds is 2. The van der Waals surface area contributed by atoms with Crippen LogP contribution in [0.4, 0.5) is 0 Å². The Balaban J connectivity index is 1.39. The van der Waals surface area contributed by atoms with Gasteiger partial charge in [-0.25, -0.2) is 0 Å². The Morgan fingerprint density at radius 1 is 1.11 bits per heavy atom. The summed E-state index contributed by atoms with van der Waals surface area (Å²) in [5, 5.41) is 2.03. The maximum atomic E-state index is 13.5. The van der Waals surface area contributed by atoms with Gasteiger partial charge in [0.25, 0.3) is 5.91 Å². The van der Waals surface area contributed by atoms with Crippen molar-refractivity contribution in [3.05, 3.63) is 45.6 Å². The summed E-state index contributed by atoms with van der Waals surface area (Å²) >= 11 is 1.58. The fraction of sp³-hybridized carbons (Fsp3) is 0.500. The van der Waals surface area contributed by atoms with Crippen molar-refractivity contribution < 1.29 is 14.3 Å². The summed E-state index contributed by atoms with van der Waals surface area (Å²) in [7, 11) is 0. The van der Waals surface area contributed by atoms with Gasteiger partial charge in [-0.15, -0.1) is 11.3 Å². The van der Waals surface area contributed by atoms with E-state index in [1.54, 1.807) is 11.3 Å². The molecule has 2 bridgehead atoms. The second-order valence-corrected chi connectivity index (χ2v) is 9.38. The zero-order chi connectivity index (χ0) is 18.8. The molecule has 2 aromatic rings. The fourth-order valence-electron chi connectivity index (χ4n) is 5.81. The number of benzene rings is 1. The van der Waals surface area contributed by atoms with Crippen molar-refractivity contribution >= 4 is 17.2 Å². The van der Waals surface area contributed by atoms with Gasteiger partial charge in [0.15, 0.2) is 11.5 Å². The summed E-state index contributed by atoms with van der Waals surface area (Å²) in [6.45, 7) is 5.45. The third-order valence-corrected chi connectivity index (χ3v) is 8.14. The number of aryl methyl sites for hydroxylation is 1. The predicted octanol–water partition coefficient (Wildman–Crippen LogP) is 3.49. The van der Waals surface area contributed by atoms with Crippen LogP contribution in [0.15, 0.2) is 29.6 Å². The molecule has 0 saturated carbocycles. The van der Waals surface area contributed by atoms with Crippen molar-refractivity contribution in [2.24, 2.45) is 5.92 Å². The van der Waals surface area contributed by atoms with E-state index in [9.17, 15) is 4.79 Å². The first-order valence-electron chi connectivity index (χ1n) is 10.2. The standard InChI is InChI=1S/C22H24N2O3S/c1-13-6-9-28-21(13)22(25)24-11-16(15-2-3-17-18(10-15)27-12-26-17)20-19(24)14-4-7-23(20)8-5-14/h2-3,6,9-10,14,16,19-20H,4-5,7-8,11-12H2,1H3/t16-,19+,20+/m0/s1. The highest BCUT2D eigenvalue weighted by atomic mass is 32.1. The minimum Gasteiger partial charge on any atom is -0.454 e. The number of carbonyl (C=O) groups is 1. The van der Waals surface area contributed by atoms with Gasteiger partial charge in [-0.1, -0.05) is 6.07 Å². The molecule has 1 aromatic carbocycles. The zero-order valence-electron chi connectivity index (χ0n) is 16.0. The van der Waals surface area contributed by atoms with E-state index < -0.39 is 0 Å². The number of hydrogen-bond donors (Lipinski definition) is 0. The normalized spacial score (nSPS) is 32.6. The van der Waals surface area contributed by atoms with Crippen molar-refractivity contribution in [1.82, 2.24) is 9.80 Å². The molecule has 5 nitrogen and oxygen atoms in total. The van der Waals surface area contributed by atoms with E-state index in [2.05, 4.69) is 28.0 Å². The first kappa shape index (κ1) is 16.9. The molecular formula is C22H24N2O3S. The lowest BCUT2D eigenvalue weighted by Gasteiger charge is -2.51. The molecular weight excluding hydrogens is 372 g/mol. The number of carbonyl (C=O) groups excluding carboxylic acids is 1. The van der Waals surface area contributed by atoms with Crippen LogP contribution in [-0.4, -0.2) is 54.2 Å². The van der Waals surface area contributed by atoms with Gasteiger partial charge in [-0.2, -0.15) is 0 Å². The second kappa shape index (κ2) is 6.22. The highest BCUT2D eigenvalue weighted by Gasteiger charge is 2.55. The summed E-state index contributed by atoms with van der Waals surface area (Å²) in [4.78, 5) is 19.2. The Bertz CT molecular complexity index is 934. The molecule has 1 amide bonds. The summed E-state index contributed by atoms with van der Waals surface area (Å²) in [5.74, 6) is 2.83. The molecule has 0 aliphatic carbocycles. The molecule has 0 N–H and O–H groups in total. The van der Waals surface area contributed by atoms with E-state index in [1.807, 2.05) is 18.4 Å². The molecule has 0 spiro atoms. The number of ether oxygens (including phenoxy) is 2. The SMILES string of the molecule is Cc1ccsc1C(=O)N1C[C@@H](c2ccc3c(c2)OCO3)[C@@H]2[C@H]1C1CCN2CC1. The molecule has 4 saturated heterocycles. The molecule has 28 heavy (non-hydrogen) atoms. The lowest BCUT2D eigenvalue weighted by Crippen LogP contribution is -2.60. The van der Waals surface area contributed by atoms with E-state index in [1.165, 1.54) is 18.4 Å². The van der Waals surface area contributed by atoms with Crippen LogP contribution in [0, 0.1) is 12.8 Å². The summed E-state index contributed by atoms with van der Waals surface area (Å²) in [6.07, 6.45) is 2.42. The molecule has 6 heteroatoms. The Morgan fingerprint density at radius 3 is 2.71 bits per heavy atom. The number of hydrogen-bond acceptors (Lipinski definition) is 5. The van der Waals surface area contributed by atoms with Gasteiger partial charge in [0.05, 0.1) is 10.9 Å². The molecule has 5 aliphatic heterocycles. The number of piperidine rings is 3. The molecule has 5 aliphatic rings. The van der Waals surface area contributed by atoms with Crippen molar-refractivity contribution in [3.8, 4) is 11.5 Å². The van der Waals surface area contributed by atoms with Crippen LogP contribution in [0.25, 0.3) is 0 Å². The molecule has 0 unspecified atom stereocenters. The minimum atomic E-state index is 0.222. The van der Waals surface area contributed by atoms with Crippen LogP contribution in [0.1, 0.15) is 39.6 Å². The third-order valence-electron chi connectivity index (χ3n) is 7.14. The van der Waals surface area contributed by atoms with Crippen molar-refractivity contribution in [3.63, 3.8) is 0 Å². The molecule has 0 radical (unpaired) electrons. The van der Waals surface area contributed by atoms with Crippen LogP contribution in [0.2, 0.25) is 0 Å². The fourth-order valence-corrected chi connectivity index (χ4v) is 6.69. The maximum Gasteiger partial charge on any atom is 0.264 e. The largest absolute Gasteiger partial charge is 0.454 e. The van der Waals surface area contributed by atoms with Crippen molar-refractivity contribution in [1.29, 1.82) is 0 Å². The first-order valence-corrected chi connectivity index (χ1v) is 11.1. The van der Waals surface area contributed by atoms with Crippen molar-refractivity contribution in [2.45, 2.75) is 37.8 Å². The molecule has 4 fully saturated rings. The van der Waals surface area contributed by atoms with Crippen LogP contribution in [0.3, 0.4) is 0 Å². The van der Waals surface area contributed by atoms with Gasteiger partial charge in [0, 0.05) is 18.5 Å². The second-order valence-electron chi connectivity index (χ2n) is 8.46. The molecule has 6 heterocycles. The number of thiophene rings is 1. The quantitative estimate of drug-likeness (QED) is 0.779. The van der Waals surface area contributed by atoms with Gasteiger partial charge in [-0.3, -0.25) is 9.69 Å². The number of fused-ring (bicyclic) bond motifs is 3. The number of nitrogens with zero attached hydrogens (tertiary/aromatic N) is 2. The highest BCUT2D eigenvalue weighted by molar-refractivity contribution is 7.12. The Labute approximate surface area is 168 Å². The van der Waals surface area contributed by atoms with Gasteiger partial charge in [0.2, 0.25) is 6.79 Å². The van der Waals surface area contributed by atoms with Crippen LogP contribution < -0.4 is 9.47 Å². The monoisotopic (exact) mass is 396 g/mol. The Hall–Kier alpha value is -2.05. The highest BCUT2D eigenvalue weighted by Crippen LogP contribution is 2.48. The van der Waals surface area contributed by atoms with E-state index in [0.717, 1.165) is 41.6 Å². The van der Waals surface area contributed by atoms with Crippen molar-refractivity contribution in [2.75, 3.05) is 26.4 Å². The molecule has 1 aromatic heterocycles. The third kappa shape index (κ3) is 2.37. The lowest BCUT2D eigenvalue weighted by atomic mass is 9.75. The minimum absolute atomic E-state index is 0.222. The average molecular weight is 397 g/mol. The zero-order valence-corrected chi connectivity index (χ0v) is 16.8. The van der Waals surface area contributed by atoms with Crippen LogP contribution in [0.5, 0.6) is 11.5 Å². The summed E-state index contributed by atoms with van der Waals surface area (Å²) in [5.41, 5.74) is 2.37. The van der Waals surface area contributed by atoms with Gasteiger partial charge >= 0.3 is 0 Å². The molecule has 146 valence electrons. The van der Waals surface area contributed by atoms with E-state index in [-0.39, 0.29) is 5.91 Å². The summed E-state index contributed by atoms with van der Waals surface area (Å²) < 4.78 is 11.1. The summed E-state index contributed by atoms with van der Waals surface area (Å²) in [6, 6.07) is 9.12. The van der Waals surface area contributed by atoms with E-state index in [0.29, 0.717) is 30.7 Å². The molecule has 3 atom stereocenters. The lowest BCUT2D eigenvalue weighted by molar-refractivity contribution is -0.00328.